The molecule has 0 amide bonds. The number of para-hydroxylation sites is 1. The van der Waals surface area contributed by atoms with Gasteiger partial charge in [-0.15, -0.1) is 11.8 Å². The molecule has 2 aromatic carbocycles. The molecular weight excluding hydrogens is 280 g/mol. The van der Waals surface area contributed by atoms with Gasteiger partial charge in [0.15, 0.2) is 0 Å². The molecule has 1 aromatic heterocycles. The first-order chi connectivity index (χ1) is 10.3. The number of fused-ring (bicyclic) bond motifs is 2. The van der Waals surface area contributed by atoms with Crippen LogP contribution in [0.4, 0.5) is 0 Å². The third kappa shape index (κ3) is 2.16. The molecule has 0 fully saturated rings. The van der Waals surface area contributed by atoms with Gasteiger partial charge in [-0.1, -0.05) is 30.3 Å². The smallest absolute Gasteiger partial charge is 0.261 e. The predicted octanol–water partition coefficient (Wildman–Crippen LogP) is 3.29. The molecule has 3 aromatic rings. The van der Waals surface area contributed by atoms with E-state index in [1.54, 1.807) is 10.9 Å². The highest BCUT2D eigenvalue weighted by Crippen LogP contribution is 2.39. The van der Waals surface area contributed by atoms with Gasteiger partial charge in [0, 0.05) is 23.1 Å². The van der Waals surface area contributed by atoms with E-state index >= 15 is 0 Å². The van der Waals surface area contributed by atoms with Crippen molar-refractivity contribution in [2.45, 2.75) is 17.4 Å². The molecule has 4 rings (SSSR count). The highest BCUT2D eigenvalue weighted by molar-refractivity contribution is 7.99. The molecule has 0 aliphatic carbocycles. The first kappa shape index (κ1) is 12.7. The Kier molecular flexibility index (Phi) is 3.04. The molecule has 3 nitrogen and oxygen atoms in total. The monoisotopic (exact) mass is 294 g/mol. The van der Waals surface area contributed by atoms with Crippen molar-refractivity contribution >= 4 is 22.7 Å². The van der Waals surface area contributed by atoms with E-state index in [9.17, 15) is 4.79 Å². The zero-order valence-electron chi connectivity index (χ0n) is 11.4. The fourth-order valence-electron chi connectivity index (χ4n) is 2.85. The van der Waals surface area contributed by atoms with E-state index in [4.69, 9.17) is 0 Å². The van der Waals surface area contributed by atoms with Gasteiger partial charge < -0.3 is 0 Å². The Hall–Kier alpha value is -2.07. The SMILES string of the molecule is O=c1c2ccccc2ncn1CC1CSc2ccccc21. The molecule has 4 heteroatoms. The molecule has 1 unspecified atom stereocenters. The maximum atomic E-state index is 12.5. The lowest BCUT2D eigenvalue weighted by atomic mass is 10.0. The van der Waals surface area contributed by atoms with E-state index in [0.717, 1.165) is 11.3 Å². The summed E-state index contributed by atoms with van der Waals surface area (Å²) >= 11 is 1.87. The summed E-state index contributed by atoms with van der Waals surface area (Å²) in [5.41, 5.74) is 2.16. The summed E-state index contributed by atoms with van der Waals surface area (Å²) < 4.78 is 1.75. The quantitative estimate of drug-likeness (QED) is 0.727. The summed E-state index contributed by atoms with van der Waals surface area (Å²) in [6.07, 6.45) is 1.68. The lowest BCUT2D eigenvalue weighted by Gasteiger charge is -2.13. The van der Waals surface area contributed by atoms with Crippen molar-refractivity contribution in [3.8, 4) is 0 Å². The normalized spacial score (nSPS) is 17.0. The van der Waals surface area contributed by atoms with Crippen LogP contribution in [-0.4, -0.2) is 15.3 Å². The summed E-state index contributed by atoms with van der Waals surface area (Å²) in [6.45, 7) is 0.695. The van der Waals surface area contributed by atoms with Crippen LogP contribution in [-0.2, 0) is 6.54 Å². The molecule has 0 bridgehead atoms. The second kappa shape index (κ2) is 5.04. The van der Waals surface area contributed by atoms with Gasteiger partial charge in [0.05, 0.1) is 17.2 Å². The van der Waals surface area contributed by atoms with Crippen LogP contribution in [0.25, 0.3) is 10.9 Å². The fraction of sp³-hybridized carbons (Fsp3) is 0.176. The van der Waals surface area contributed by atoms with E-state index in [1.165, 1.54) is 10.5 Å². The van der Waals surface area contributed by atoms with Gasteiger partial charge in [0.25, 0.3) is 5.56 Å². The van der Waals surface area contributed by atoms with Crippen LogP contribution < -0.4 is 5.56 Å². The molecular formula is C17H14N2OS. The Morgan fingerprint density at radius 3 is 2.90 bits per heavy atom. The third-order valence-electron chi connectivity index (χ3n) is 3.95. The van der Waals surface area contributed by atoms with Gasteiger partial charge in [0.1, 0.15) is 0 Å². The van der Waals surface area contributed by atoms with Crippen molar-refractivity contribution in [2.24, 2.45) is 0 Å². The molecule has 0 N–H and O–H groups in total. The molecule has 0 saturated carbocycles. The fourth-order valence-corrected chi connectivity index (χ4v) is 4.10. The first-order valence-electron chi connectivity index (χ1n) is 6.99. The van der Waals surface area contributed by atoms with Gasteiger partial charge in [0.2, 0.25) is 0 Å². The highest BCUT2D eigenvalue weighted by Gasteiger charge is 2.23. The van der Waals surface area contributed by atoms with E-state index in [0.29, 0.717) is 17.8 Å². The number of nitrogens with zero attached hydrogens (tertiary/aromatic N) is 2. The molecule has 2 heterocycles. The van der Waals surface area contributed by atoms with Crippen LogP contribution >= 0.6 is 11.8 Å². The van der Waals surface area contributed by atoms with Gasteiger partial charge >= 0.3 is 0 Å². The van der Waals surface area contributed by atoms with E-state index in [-0.39, 0.29) is 5.56 Å². The van der Waals surface area contributed by atoms with Crippen molar-refractivity contribution in [3.63, 3.8) is 0 Å². The number of hydrogen-bond acceptors (Lipinski definition) is 3. The van der Waals surface area contributed by atoms with E-state index < -0.39 is 0 Å². The molecule has 0 radical (unpaired) electrons. The average molecular weight is 294 g/mol. The number of thioether (sulfide) groups is 1. The minimum Gasteiger partial charge on any atom is -0.298 e. The van der Waals surface area contributed by atoms with Crippen LogP contribution in [0.2, 0.25) is 0 Å². The van der Waals surface area contributed by atoms with Crippen molar-refractivity contribution in [2.75, 3.05) is 5.75 Å². The zero-order valence-corrected chi connectivity index (χ0v) is 12.2. The average Bonchev–Trinajstić information content (AvgIpc) is 2.94. The van der Waals surface area contributed by atoms with E-state index in [1.807, 2.05) is 36.0 Å². The molecule has 0 spiro atoms. The lowest BCUT2D eigenvalue weighted by Crippen LogP contribution is -2.23. The maximum Gasteiger partial charge on any atom is 0.261 e. The topological polar surface area (TPSA) is 34.9 Å². The Labute approximate surface area is 126 Å². The number of aromatic nitrogens is 2. The minimum absolute atomic E-state index is 0.0509. The summed E-state index contributed by atoms with van der Waals surface area (Å²) in [5, 5.41) is 0.693. The van der Waals surface area contributed by atoms with Gasteiger partial charge in [-0.2, -0.15) is 0 Å². The number of hydrogen-bond donors (Lipinski definition) is 0. The van der Waals surface area contributed by atoms with Crippen molar-refractivity contribution < 1.29 is 0 Å². The molecule has 21 heavy (non-hydrogen) atoms. The Bertz CT molecular complexity index is 872. The Morgan fingerprint density at radius 2 is 1.95 bits per heavy atom. The summed E-state index contributed by atoms with van der Waals surface area (Å²) in [4.78, 5) is 18.3. The predicted molar refractivity (Wildman–Crippen MR) is 85.9 cm³/mol. The third-order valence-corrected chi connectivity index (χ3v) is 5.20. The Morgan fingerprint density at radius 1 is 1.14 bits per heavy atom. The molecule has 1 aliphatic rings. The second-order valence-electron chi connectivity index (χ2n) is 5.26. The van der Waals surface area contributed by atoms with Crippen molar-refractivity contribution in [1.29, 1.82) is 0 Å². The van der Waals surface area contributed by atoms with Crippen molar-refractivity contribution in [1.82, 2.24) is 9.55 Å². The number of rotatable bonds is 2. The van der Waals surface area contributed by atoms with E-state index in [2.05, 4.69) is 29.2 Å². The Balaban J connectivity index is 1.73. The van der Waals surface area contributed by atoms with Crippen LogP contribution in [0, 0.1) is 0 Å². The van der Waals surface area contributed by atoms with Gasteiger partial charge in [-0.3, -0.25) is 9.36 Å². The zero-order chi connectivity index (χ0) is 14.2. The van der Waals surface area contributed by atoms with Crippen LogP contribution in [0.1, 0.15) is 11.5 Å². The maximum absolute atomic E-state index is 12.5. The van der Waals surface area contributed by atoms with Gasteiger partial charge in [-0.25, -0.2) is 4.98 Å². The van der Waals surface area contributed by atoms with Crippen molar-refractivity contribution in [3.05, 3.63) is 70.8 Å². The highest BCUT2D eigenvalue weighted by atomic mass is 32.2. The number of benzene rings is 2. The first-order valence-corrected chi connectivity index (χ1v) is 7.97. The molecule has 1 aliphatic heterocycles. The lowest BCUT2D eigenvalue weighted by molar-refractivity contribution is 0.584. The van der Waals surface area contributed by atoms with Crippen LogP contribution in [0.3, 0.4) is 0 Å². The second-order valence-corrected chi connectivity index (χ2v) is 6.33. The van der Waals surface area contributed by atoms with Gasteiger partial charge in [-0.05, 0) is 23.8 Å². The largest absolute Gasteiger partial charge is 0.298 e. The van der Waals surface area contributed by atoms with Crippen LogP contribution in [0.5, 0.6) is 0 Å². The summed E-state index contributed by atoms with van der Waals surface area (Å²) in [6, 6.07) is 16.0. The summed E-state index contributed by atoms with van der Waals surface area (Å²) in [5.74, 6) is 1.41. The molecule has 104 valence electrons. The molecule has 0 saturated heterocycles. The summed E-state index contributed by atoms with van der Waals surface area (Å²) in [7, 11) is 0. The standard InChI is InChI=1S/C17H14N2OS/c20-17-14-6-1-3-7-15(14)18-11-19(17)9-12-10-21-16-8-4-2-5-13(12)16/h1-8,11-12H,9-10H2. The van der Waals surface area contributed by atoms with Crippen LogP contribution in [0.15, 0.2) is 64.5 Å². The molecule has 1 atom stereocenters. The minimum atomic E-state index is 0.0509.